The molecule has 1 aliphatic heterocycles. The average molecular weight is 213 g/mol. The van der Waals surface area contributed by atoms with Crippen LogP contribution in [0.1, 0.15) is 13.3 Å². The van der Waals surface area contributed by atoms with Crippen molar-refractivity contribution in [1.82, 2.24) is 4.98 Å². The van der Waals surface area contributed by atoms with Gasteiger partial charge in [0, 0.05) is 12.8 Å². The molecule has 3 nitrogen and oxygen atoms in total. The highest BCUT2D eigenvalue weighted by atomic mass is 35.5. The predicted octanol–water partition coefficient (Wildman–Crippen LogP) is 2.33. The van der Waals surface area contributed by atoms with Crippen molar-refractivity contribution >= 4 is 17.4 Å². The zero-order valence-corrected chi connectivity index (χ0v) is 8.84. The van der Waals surface area contributed by atoms with Crippen LogP contribution in [0.5, 0.6) is 0 Å². The van der Waals surface area contributed by atoms with Gasteiger partial charge in [0.05, 0.1) is 17.2 Å². The first-order valence-corrected chi connectivity index (χ1v) is 5.03. The summed E-state index contributed by atoms with van der Waals surface area (Å²) in [6.45, 7) is 3.69. The van der Waals surface area contributed by atoms with Gasteiger partial charge in [-0.2, -0.15) is 0 Å². The first-order chi connectivity index (χ1) is 6.68. The van der Waals surface area contributed by atoms with Crippen molar-refractivity contribution in [3.05, 3.63) is 23.4 Å². The molecule has 1 aliphatic rings. The molecule has 0 radical (unpaired) electrons. The number of nitrogens with one attached hydrogen (secondary N) is 1. The van der Waals surface area contributed by atoms with E-state index in [2.05, 4.69) is 17.2 Å². The smallest absolute Gasteiger partial charge is 0.126 e. The normalized spacial score (nSPS) is 26.4. The Morgan fingerprint density at radius 2 is 2.43 bits per heavy atom. The van der Waals surface area contributed by atoms with Crippen LogP contribution >= 0.6 is 11.6 Å². The number of ether oxygens (including phenoxy) is 1. The van der Waals surface area contributed by atoms with E-state index in [9.17, 15) is 0 Å². The average Bonchev–Trinajstić information content (AvgIpc) is 2.57. The highest BCUT2D eigenvalue weighted by Crippen LogP contribution is 2.22. The monoisotopic (exact) mass is 212 g/mol. The second kappa shape index (κ2) is 3.75. The zero-order valence-electron chi connectivity index (χ0n) is 8.09. The highest BCUT2D eigenvalue weighted by Gasteiger charge is 2.29. The van der Waals surface area contributed by atoms with E-state index < -0.39 is 0 Å². The second-order valence-electron chi connectivity index (χ2n) is 3.85. The van der Waals surface area contributed by atoms with Gasteiger partial charge < -0.3 is 10.1 Å². The van der Waals surface area contributed by atoms with Crippen LogP contribution in [0.4, 0.5) is 5.82 Å². The summed E-state index contributed by atoms with van der Waals surface area (Å²) in [4.78, 5) is 4.19. The predicted molar refractivity (Wildman–Crippen MR) is 56.7 cm³/mol. The lowest BCUT2D eigenvalue weighted by atomic mass is 10.0. The summed E-state index contributed by atoms with van der Waals surface area (Å²) in [5.41, 5.74) is 0.0147. The minimum absolute atomic E-state index is 0.0147. The van der Waals surface area contributed by atoms with Gasteiger partial charge in [0.15, 0.2) is 0 Å². The number of anilines is 1. The lowest BCUT2D eigenvalue weighted by Crippen LogP contribution is -2.35. The molecular weight excluding hydrogens is 200 g/mol. The molecule has 1 saturated heterocycles. The molecule has 1 aromatic heterocycles. The quantitative estimate of drug-likeness (QED) is 0.817. The standard InChI is InChI=1S/C10H13ClN2O/c1-10(4-5-14-7-10)13-9-3-2-8(11)6-12-9/h2-3,6H,4-5,7H2,1H3,(H,12,13). The van der Waals surface area contributed by atoms with Crippen LogP contribution in [-0.2, 0) is 4.74 Å². The van der Waals surface area contributed by atoms with E-state index in [0.717, 1.165) is 25.5 Å². The molecular formula is C10H13ClN2O. The Hall–Kier alpha value is -0.800. The molecule has 0 amide bonds. The van der Waals surface area contributed by atoms with Gasteiger partial charge in [0.2, 0.25) is 0 Å². The van der Waals surface area contributed by atoms with Crippen molar-refractivity contribution < 1.29 is 4.74 Å². The maximum Gasteiger partial charge on any atom is 0.126 e. The Kier molecular flexibility index (Phi) is 2.61. The van der Waals surface area contributed by atoms with E-state index in [0.29, 0.717) is 5.02 Å². The molecule has 0 bridgehead atoms. The third kappa shape index (κ3) is 2.16. The van der Waals surface area contributed by atoms with E-state index in [4.69, 9.17) is 16.3 Å². The molecule has 0 saturated carbocycles. The fourth-order valence-corrected chi connectivity index (χ4v) is 1.64. The van der Waals surface area contributed by atoms with Gasteiger partial charge >= 0.3 is 0 Å². The van der Waals surface area contributed by atoms with E-state index in [1.165, 1.54) is 0 Å². The van der Waals surface area contributed by atoms with Crippen LogP contribution in [-0.4, -0.2) is 23.7 Å². The molecule has 76 valence electrons. The first-order valence-electron chi connectivity index (χ1n) is 4.65. The van der Waals surface area contributed by atoms with Gasteiger partial charge in [-0.25, -0.2) is 4.98 Å². The molecule has 2 rings (SSSR count). The molecule has 4 heteroatoms. The van der Waals surface area contributed by atoms with E-state index in [1.807, 2.05) is 12.1 Å². The molecule has 1 fully saturated rings. The van der Waals surface area contributed by atoms with Crippen molar-refractivity contribution in [1.29, 1.82) is 0 Å². The Morgan fingerprint density at radius 1 is 1.57 bits per heavy atom. The Balaban J connectivity index is 2.06. The van der Waals surface area contributed by atoms with Gasteiger partial charge in [-0.3, -0.25) is 0 Å². The minimum atomic E-state index is 0.0147. The van der Waals surface area contributed by atoms with Crippen LogP contribution in [0.2, 0.25) is 5.02 Å². The number of rotatable bonds is 2. The van der Waals surface area contributed by atoms with Crippen molar-refractivity contribution in [2.45, 2.75) is 18.9 Å². The lowest BCUT2D eigenvalue weighted by molar-refractivity contribution is 0.185. The fourth-order valence-electron chi connectivity index (χ4n) is 1.52. The number of hydrogen-bond acceptors (Lipinski definition) is 3. The number of halogens is 1. The molecule has 1 aromatic rings. The largest absolute Gasteiger partial charge is 0.379 e. The van der Waals surface area contributed by atoms with E-state index >= 15 is 0 Å². The summed E-state index contributed by atoms with van der Waals surface area (Å²) < 4.78 is 5.34. The first kappa shape index (κ1) is 9.74. The molecule has 0 aromatic carbocycles. The van der Waals surface area contributed by atoms with Gasteiger partial charge in [0.25, 0.3) is 0 Å². The number of hydrogen-bond donors (Lipinski definition) is 1. The highest BCUT2D eigenvalue weighted by molar-refractivity contribution is 6.30. The van der Waals surface area contributed by atoms with Crippen LogP contribution < -0.4 is 5.32 Å². The molecule has 1 unspecified atom stereocenters. The molecule has 2 heterocycles. The Bertz CT molecular complexity index is 306. The topological polar surface area (TPSA) is 34.2 Å². The summed E-state index contributed by atoms with van der Waals surface area (Å²) in [6.07, 6.45) is 2.65. The molecule has 14 heavy (non-hydrogen) atoms. The Labute approximate surface area is 88.4 Å². The zero-order chi connectivity index (χ0) is 10.0. The van der Waals surface area contributed by atoms with Crippen LogP contribution in [0, 0.1) is 0 Å². The Morgan fingerprint density at radius 3 is 3.00 bits per heavy atom. The van der Waals surface area contributed by atoms with Gasteiger partial charge in [-0.15, -0.1) is 0 Å². The van der Waals surface area contributed by atoms with Crippen molar-refractivity contribution in [3.8, 4) is 0 Å². The van der Waals surface area contributed by atoms with Gasteiger partial charge in [-0.05, 0) is 25.5 Å². The van der Waals surface area contributed by atoms with E-state index in [-0.39, 0.29) is 5.54 Å². The summed E-state index contributed by atoms with van der Waals surface area (Å²) in [6, 6.07) is 3.71. The summed E-state index contributed by atoms with van der Waals surface area (Å²) in [5.74, 6) is 0.849. The fraction of sp³-hybridized carbons (Fsp3) is 0.500. The lowest BCUT2D eigenvalue weighted by Gasteiger charge is -2.24. The summed E-state index contributed by atoms with van der Waals surface area (Å²) in [7, 11) is 0. The molecule has 1 atom stereocenters. The maximum absolute atomic E-state index is 5.75. The molecule has 1 N–H and O–H groups in total. The SMILES string of the molecule is CC1(Nc2ccc(Cl)cn2)CCOC1. The van der Waals surface area contributed by atoms with Crippen molar-refractivity contribution in [2.24, 2.45) is 0 Å². The van der Waals surface area contributed by atoms with Crippen LogP contribution in [0.25, 0.3) is 0 Å². The number of pyridine rings is 1. The maximum atomic E-state index is 5.75. The number of aromatic nitrogens is 1. The summed E-state index contributed by atoms with van der Waals surface area (Å²) in [5, 5.41) is 4.01. The van der Waals surface area contributed by atoms with E-state index in [1.54, 1.807) is 6.20 Å². The number of nitrogens with zero attached hydrogens (tertiary/aromatic N) is 1. The van der Waals surface area contributed by atoms with Gasteiger partial charge in [0.1, 0.15) is 5.82 Å². The molecule has 0 aliphatic carbocycles. The van der Waals surface area contributed by atoms with Gasteiger partial charge in [-0.1, -0.05) is 11.6 Å². The summed E-state index contributed by atoms with van der Waals surface area (Å²) >= 11 is 5.75. The van der Waals surface area contributed by atoms with Crippen LogP contribution in [0.3, 0.4) is 0 Å². The minimum Gasteiger partial charge on any atom is -0.379 e. The van der Waals surface area contributed by atoms with Crippen molar-refractivity contribution in [2.75, 3.05) is 18.5 Å². The molecule has 0 spiro atoms. The second-order valence-corrected chi connectivity index (χ2v) is 4.29. The third-order valence-corrected chi connectivity index (χ3v) is 2.60. The third-order valence-electron chi connectivity index (χ3n) is 2.38. The van der Waals surface area contributed by atoms with Crippen LogP contribution in [0.15, 0.2) is 18.3 Å². The van der Waals surface area contributed by atoms with Crippen molar-refractivity contribution in [3.63, 3.8) is 0 Å².